The predicted octanol–water partition coefficient (Wildman–Crippen LogP) is 6.10. The highest BCUT2D eigenvalue weighted by Crippen LogP contribution is 2.28. The number of aromatic nitrogens is 1. The van der Waals surface area contributed by atoms with Crippen molar-refractivity contribution in [2.45, 2.75) is 18.5 Å². The van der Waals surface area contributed by atoms with Crippen LogP contribution >= 0.6 is 11.9 Å². The van der Waals surface area contributed by atoms with Crippen molar-refractivity contribution >= 4 is 11.9 Å². The summed E-state index contributed by atoms with van der Waals surface area (Å²) in [5.41, 5.74) is 2.59. The Morgan fingerprint density at radius 3 is 2.25 bits per heavy atom. The van der Waals surface area contributed by atoms with E-state index in [1.807, 2.05) is 30.3 Å². The fourth-order valence-corrected chi connectivity index (χ4v) is 3.67. The van der Waals surface area contributed by atoms with Gasteiger partial charge in [0.15, 0.2) is 0 Å². The van der Waals surface area contributed by atoms with Gasteiger partial charge in [0.2, 0.25) is 0 Å². The van der Waals surface area contributed by atoms with Gasteiger partial charge in [0.1, 0.15) is 12.4 Å². The standard InChI is InChI=1S/C21H18F4N2S/c22-20-12-18(17-8-10-26-11-9-17)6-7-19(20)13-27(15-21(23,24)25)28-14-16-4-2-1-3-5-16/h1-12H,13-15H2. The average molecular weight is 406 g/mol. The first-order valence-corrected chi connectivity index (χ1v) is 9.52. The van der Waals surface area contributed by atoms with Gasteiger partial charge in [-0.05, 0) is 34.9 Å². The smallest absolute Gasteiger partial charge is 0.265 e. The molecule has 146 valence electrons. The van der Waals surface area contributed by atoms with Crippen molar-refractivity contribution in [3.63, 3.8) is 0 Å². The van der Waals surface area contributed by atoms with Crippen molar-refractivity contribution in [3.8, 4) is 11.1 Å². The number of hydrogen-bond acceptors (Lipinski definition) is 3. The highest BCUT2D eigenvalue weighted by Gasteiger charge is 2.31. The van der Waals surface area contributed by atoms with Gasteiger partial charge in [-0.15, -0.1) is 0 Å². The zero-order valence-electron chi connectivity index (χ0n) is 14.9. The monoisotopic (exact) mass is 406 g/mol. The van der Waals surface area contributed by atoms with Crippen molar-refractivity contribution in [2.75, 3.05) is 6.54 Å². The van der Waals surface area contributed by atoms with Gasteiger partial charge in [0, 0.05) is 30.3 Å². The molecule has 2 aromatic carbocycles. The zero-order valence-corrected chi connectivity index (χ0v) is 15.7. The van der Waals surface area contributed by atoms with Crippen molar-refractivity contribution in [1.29, 1.82) is 0 Å². The summed E-state index contributed by atoms with van der Waals surface area (Å²) < 4.78 is 54.6. The Balaban J connectivity index is 1.74. The van der Waals surface area contributed by atoms with E-state index < -0.39 is 18.5 Å². The summed E-state index contributed by atoms with van der Waals surface area (Å²) in [5, 5.41) is 0. The van der Waals surface area contributed by atoms with Crippen molar-refractivity contribution in [2.24, 2.45) is 0 Å². The SMILES string of the molecule is Fc1cc(-c2ccncc2)ccc1CN(CC(F)(F)F)SCc1ccccc1. The number of nitrogens with zero attached hydrogens (tertiary/aromatic N) is 2. The van der Waals surface area contributed by atoms with E-state index in [0.717, 1.165) is 27.4 Å². The lowest BCUT2D eigenvalue weighted by Crippen LogP contribution is -2.29. The second-order valence-electron chi connectivity index (χ2n) is 6.21. The second kappa shape index (κ2) is 9.21. The molecule has 7 heteroatoms. The molecule has 3 aromatic rings. The molecule has 0 radical (unpaired) electrons. The highest BCUT2D eigenvalue weighted by molar-refractivity contribution is 7.96. The quantitative estimate of drug-likeness (QED) is 0.348. The lowest BCUT2D eigenvalue weighted by Gasteiger charge is -2.23. The number of pyridine rings is 1. The maximum absolute atomic E-state index is 14.6. The summed E-state index contributed by atoms with van der Waals surface area (Å²) in [7, 11) is 0. The molecule has 0 aliphatic carbocycles. The number of rotatable bonds is 7. The minimum absolute atomic E-state index is 0.139. The van der Waals surface area contributed by atoms with Gasteiger partial charge in [-0.2, -0.15) is 13.2 Å². The molecule has 0 aliphatic rings. The summed E-state index contributed by atoms with van der Waals surface area (Å²) in [6, 6.07) is 17.3. The first-order valence-electron chi connectivity index (χ1n) is 8.58. The Morgan fingerprint density at radius 2 is 1.61 bits per heavy atom. The van der Waals surface area contributed by atoms with E-state index in [-0.39, 0.29) is 12.1 Å². The largest absolute Gasteiger partial charge is 0.402 e. The van der Waals surface area contributed by atoms with Crippen LogP contribution in [0.25, 0.3) is 11.1 Å². The zero-order chi connectivity index (χ0) is 20.0. The number of benzene rings is 2. The van der Waals surface area contributed by atoms with Crippen molar-refractivity contribution in [3.05, 3.63) is 90.0 Å². The van der Waals surface area contributed by atoms with Gasteiger partial charge >= 0.3 is 6.18 Å². The van der Waals surface area contributed by atoms with Gasteiger partial charge in [-0.1, -0.05) is 54.4 Å². The number of halogens is 4. The molecule has 0 fully saturated rings. The van der Waals surface area contributed by atoms with Crippen LogP contribution in [0.2, 0.25) is 0 Å². The van der Waals surface area contributed by atoms with Crippen LogP contribution in [0.4, 0.5) is 17.6 Å². The molecule has 0 aliphatic heterocycles. The van der Waals surface area contributed by atoms with E-state index in [2.05, 4.69) is 4.98 Å². The van der Waals surface area contributed by atoms with Gasteiger partial charge in [0.25, 0.3) is 0 Å². The minimum Gasteiger partial charge on any atom is -0.265 e. The van der Waals surface area contributed by atoms with Crippen molar-refractivity contribution in [1.82, 2.24) is 9.29 Å². The summed E-state index contributed by atoms with van der Waals surface area (Å²) in [5.74, 6) is -0.144. The molecule has 0 saturated carbocycles. The molecule has 0 spiro atoms. The Hall–Kier alpha value is -2.38. The average Bonchev–Trinajstić information content (AvgIpc) is 2.68. The fourth-order valence-electron chi connectivity index (χ4n) is 2.68. The van der Waals surface area contributed by atoms with E-state index in [1.165, 1.54) is 12.1 Å². The van der Waals surface area contributed by atoms with Crippen LogP contribution < -0.4 is 0 Å². The van der Waals surface area contributed by atoms with Crippen LogP contribution in [0.15, 0.2) is 73.1 Å². The van der Waals surface area contributed by atoms with Crippen LogP contribution in [-0.4, -0.2) is 22.0 Å². The summed E-state index contributed by atoms with van der Waals surface area (Å²) in [6.45, 7) is -1.25. The maximum Gasteiger partial charge on any atom is 0.402 e. The van der Waals surface area contributed by atoms with E-state index in [1.54, 1.807) is 30.6 Å². The predicted molar refractivity (Wildman–Crippen MR) is 104 cm³/mol. The first kappa shape index (κ1) is 20.4. The third-order valence-corrected chi connectivity index (χ3v) is 5.11. The first-order chi connectivity index (χ1) is 13.4. The Morgan fingerprint density at radius 1 is 0.893 bits per heavy atom. The lowest BCUT2D eigenvalue weighted by molar-refractivity contribution is -0.135. The van der Waals surface area contributed by atoms with E-state index in [4.69, 9.17) is 0 Å². The Labute approximate surface area is 165 Å². The fraction of sp³-hybridized carbons (Fsp3) is 0.190. The highest BCUT2D eigenvalue weighted by atomic mass is 32.2. The van der Waals surface area contributed by atoms with Gasteiger partial charge in [-0.25, -0.2) is 8.70 Å². The summed E-state index contributed by atoms with van der Waals surface area (Å²) >= 11 is 1.04. The molecule has 0 N–H and O–H groups in total. The molecular weight excluding hydrogens is 388 g/mol. The van der Waals surface area contributed by atoms with Gasteiger partial charge in [0.05, 0.1) is 0 Å². The molecule has 1 heterocycles. The second-order valence-corrected chi connectivity index (χ2v) is 7.28. The summed E-state index contributed by atoms with van der Waals surface area (Å²) in [6.07, 6.45) is -1.16. The van der Waals surface area contributed by atoms with Crippen LogP contribution in [-0.2, 0) is 12.3 Å². The Bertz CT molecular complexity index is 886. The number of alkyl halides is 3. The molecule has 0 saturated heterocycles. The van der Waals surface area contributed by atoms with E-state index >= 15 is 0 Å². The van der Waals surface area contributed by atoms with E-state index in [9.17, 15) is 17.6 Å². The molecule has 0 unspecified atom stereocenters. The Kier molecular flexibility index (Phi) is 6.70. The molecule has 2 nitrogen and oxygen atoms in total. The van der Waals surface area contributed by atoms with Crippen molar-refractivity contribution < 1.29 is 17.6 Å². The van der Waals surface area contributed by atoms with Crippen LogP contribution in [0.5, 0.6) is 0 Å². The summed E-state index contributed by atoms with van der Waals surface area (Å²) in [4.78, 5) is 3.92. The van der Waals surface area contributed by atoms with Gasteiger partial charge in [-0.3, -0.25) is 4.98 Å². The normalized spacial score (nSPS) is 11.8. The molecule has 0 amide bonds. The van der Waals surface area contributed by atoms with Crippen LogP contribution in [0.3, 0.4) is 0 Å². The molecule has 1 aromatic heterocycles. The topological polar surface area (TPSA) is 16.1 Å². The molecule has 0 bridgehead atoms. The van der Waals surface area contributed by atoms with Crippen LogP contribution in [0, 0.1) is 5.82 Å². The molecular formula is C21H18F4N2S. The number of hydrogen-bond donors (Lipinski definition) is 0. The minimum atomic E-state index is -4.36. The third kappa shape index (κ3) is 6.07. The van der Waals surface area contributed by atoms with Crippen LogP contribution in [0.1, 0.15) is 11.1 Å². The third-order valence-electron chi connectivity index (χ3n) is 4.03. The maximum atomic E-state index is 14.6. The van der Waals surface area contributed by atoms with E-state index in [0.29, 0.717) is 11.3 Å². The van der Waals surface area contributed by atoms with Gasteiger partial charge < -0.3 is 0 Å². The molecule has 28 heavy (non-hydrogen) atoms. The molecule has 3 rings (SSSR count). The lowest BCUT2D eigenvalue weighted by atomic mass is 10.0. The molecule has 0 atom stereocenters.